The summed E-state index contributed by atoms with van der Waals surface area (Å²) in [5, 5.41) is 0. The Balaban J connectivity index is 1.39. The first-order valence-corrected chi connectivity index (χ1v) is 14.0. The van der Waals surface area contributed by atoms with E-state index in [0.717, 1.165) is 16.5 Å². The number of hydrogen-bond acceptors (Lipinski definition) is 6. The van der Waals surface area contributed by atoms with Gasteiger partial charge in [-0.15, -0.1) is 0 Å². The Morgan fingerprint density at radius 2 is 1.07 bits per heavy atom. The van der Waals surface area contributed by atoms with Crippen molar-refractivity contribution in [1.82, 2.24) is 4.98 Å². The van der Waals surface area contributed by atoms with Gasteiger partial charge in [0.2, 0.25) is 0 Å². The van der Waals surface area contributed by atoms with Crippen LogP contribution in [0.3, 0.4) is 0 Å². The van der Waals surface area contributed by atoms with Crippen molar-refractivity contribution in [1.29, 1.82) is 0 Å². The maximum absolute atomic E-state index is 13.9. The zero-order chi connectivity index (χ0) is 29.8. The van der Waals surface area contributed by atoms with Crippen molar-refractivity contribution in [2.24, 2.45) is 0 Å². The topological polar surface area (TPSA) is 70.1 Å². The number of rotatable bonds is 6. The van der Waals surface area contributed by atoms with Gasteiger partial charge in [0.05, 0.1) is 28.1 Å². The highest BCUT2D eigenvalue weighted by Gasteiger charge is 2.52. The van der Waals surface area contributed by atoms with Crippen LogP contribution in [0.1, 0.15) is 71.3 Å². The highest BCUT2D eigenvalue weighted by molar-refractivity contribution is 6.62. The van der Waals surface area contributed by atoms with Gasteiger partial charge in [0, 0.05) is 11.8 Å². The Labute approximate surface area is 244 Å². The average molecular weight is 552 g/mol. The second-order valence-corrected chi connectivity index (χ2v) is 12.7. The van der Waals surface area contributed by atoms with Gasteiger partial charge in [-0.25, -0.2) is 4.98 Å². The third-order valence-corrected chi connectivity index (χ3v) is 8.80. The van der Waals surface area contributed by atoms with E-state index in [0.29, 0.717) is 17.1 Å². The molecule has 2 aliphatic rings. The minimum absolute atomic E-state index is 0.246. The van der Waals surface area contributed by atoms with E-state index in [2.05, 4.69) is 11.6 Å². The number of aromatic nitrogens is 1. The number of amides is 1. The molecule has 212 valence electrons. The van der Waals surface area contributed by atoms with Crippen LogP contribution in [0.15, 0.2) is 79.5 Å². The van der Waals surface area contributed by atoms with E-state index in [9.17, 15) is 4.79 Å². The largest absolute Gasteiger partial charge is 0.494 e. The van der Waals surface area contributed by atoms with Crippen LogP contribution in [0.2, 0.25) is 0 Å². The van der Waals surface area contributed by atoms with Gasteiger partial charge in [-0.1, -0.05) is 49.0 Å². The first-order valence-electron chi connectivity index (χ1n) is 14.0. The highest BCUT2D eigenvalue weighted by atomic mass is 16.7. The lowest BCUT2D eigenvalue weighted by Crippen LogP contribution is -2.41. The van der Waals surface area contributed by atoms with Crippen molar-refractivity contribution >= 4 is 42.6 Å². The van der Waals surface area contributed by atoms with Gasteiger partial charge in [0.25, 0.3) is 5.91 Å². The van der Waals surface area contributed by atoms with E-state index < -0.39 is 36.6 Å². The lowest BCUT2D eigenvalue weighted by molar-refractivity contribution is 0.00578. The van der Waals surface area contributed by atoms with Crippen molar-refractivity contribution < 1.29 is 23.4 Å². The minimum Gasteiger partial charge on any atom is -0.399 e. The summed E-state index contributed by atoms with van der Waals surface area (Å²) in [6.45, 7) is 20.5. The summed E-state index contributed by atoms with van der Waals surface area (Å²) in [6.07, 6.45) is 1.66. The van der Waals surface area contributed by atoms with Gasteiger partial charge < -0.3 is 18.6 Å². The maximum atomic E-state index is 13.9. The predicted molar refractivity (Wildman–Crippen MR) is 164 cm³/mol. The van der Waals surface area contributed by atoms with Crippen LogP contribution < -0.4 is 15.8 Å². The third-order valence-electron chi connectivity index (χ3n) is 8.80. The van der Waals surface area contributed by atoms with Gasteiger partial charge in [-0.05, 0) is 96.1 Å². The summed E-state index contributed by atoms with van der Waals surface area (Å²) in [7, 11) is -0.980. The van der Waals surface area contributed by atoms with Gasteiger partial charge in [-0.3, -0.25) is 9.69 Å². The number of pyridine rings is 1. The van der Waals surface area contributed by atoms with Crippen molar-refractivity contribution in [3.05, 3.63) is 90.6 Å². The Kier molecular flexibility index (Phi) is 7.31. The van der Waals surface area contributed by atoms with E-state index in [1.165, 1.54) is 4.90 Å². The molecule has 3 heterocycles. The van der Waals surface area contributed by atoms with Crippen LogP contribution in [0.5, 0.6) is 0 Å². The molecule has 1 aromatic heterocycles. The van der Waals surface area contributed by atoms with E-state index in [-0.39, 0.29) is 5.91 Å². The highest BCUT2D eigenvalue weighted by Crippen LogP contribution is 2.37. The molecule has 2 aliphatic heterocycles. The lowest BCUT2D eigenvalue weighted by Gasteiger charge is -2.32. The molecule has 41 heavy (non-hydrogen) atoms. The first-order chi connectivity index (χ1) is 19.1. The monoisotopic (exact) mass is 552 g/mol. The van der Waals surface area contributed by atoms with E-state index in [1.54, 1.807) is 24.4 Å². The number of nitrogens with zero attached hydrogens (tertiary/aromatic N) is 2. The van der Waals surface area contributed by atoms with Crippen LogP contribution in [-0.4, -0.2) is 47.5 Å². The normalized spacial score (nSPS) is 20.2. The molecule has 9 heteroatoms. The number of carbonyl (C=O) groups is 1. The molecule has 2 aromatic carbocycles. The SMILES string of the molecule is C=C(c1ccc(B2OC(C)(C)C(C)(C)O2)cc1)N(C(=O)c1ccc(B2OC(C)(C)C(C)(C)O2)cc1)c1ccccn1. The molecule has 2 saturated heterocycles. The van der Waals surface area contributed by atoms with Crippen LogP contribution >= 0.6 is 0 Å². The quantitative estimate of drug-likeness (QED) is 0.402. The second kappa shape index (κ2) is 10.2. The van der Waals surface area contributed by atoms with Gasteiger partial charge in [0.1, 0.15) is 5.82 Å². The molecule has 0 radical (unpaired) electrons. The third kappa shape index (κ3) is 5.40. The molecule has 3 aromatic rings. The smallest absolute Gasteiger partial charge is 0.399 e. The fourth-order valence-electron chi connectivity index (χ4n) is 4.68. The standard InChI is InChI=1S/C32H38B2N2O5/c1-22(23-13-17-25(18-14-23)33-38-29(2,3)30(4,5)39-33)36(27-12-10-11-21-35-27)28(37)24-15-19-26(20-16-24)34-40-31(6,7)32(8,9)41-34/h10-21H,1H2,2-9H3. The molecule has 1 amide bonds. The predicted octanol–water partition coefficient (Wildman–Crippen LogP) is 5.00. The van der Waals surface area contributed by atoms with Crippen LogP contribution in [0, 0.1) is 0 Å². The number of hydrogen-bond donors (Lipinski definition) is 0. The fraction of sp³-hybridized carbons (Fsp3) is 0.375. The lowest BCUT2D eigenvalue weighted by atomic mass is 9.78. The van der Waals surface area contributed by atoms with Crippen molar-refractivity contribution in [3.8, 4) is 0 Å². The molecule has 0 unspecified atom stereocenters. The Morgan fingerprint density at radius 3 is 1.46 bits per heavy atom. The van der Waals surface area contributed by atoms with E-state index in [4.69, 9.17) is 18.6 Å². The molecule has 0 atom stereocenters. The molecule has 0 bridgehead atoms. The van der Waals surface area contributed by atoms with Crippen LogP contribution in [0.4, 0.5) is 5.82 Å². The van der Waals surface area contributed by atoms with E-state index in [1.807, 2.05) is 104 Å². The van der Waals surface area contributed by atoms with Crippen molar-refractivity contribution in [3.63, 3.8) is 0 Å². The first kappa shape index (κ1) is 29.3. The van der Waals surface area contributed by atoms with Gasteiger partial charge >= 0.3 is 14.2 Å². The zero-order valence-electron chi connectivity index (χ0n) is 25.2. The van der Waals surface area contributed by atoms with Crippen molar-refractivity contribution in [2.75, 3.05) is 4.90 Å². The van der Waals surface area contributed by atoms with Crippen molar-refractivity contribution in [2.45, 2.75) is 77.8 Å². The van der Waals surface area contributed by atoms with Crippen LogP contribution in [0.25, 0.3) is 5.70 Å². The Hall–Kier alpha value is -3.23. The van der Waals surface area contributed by atoms with Gasteiger partial charge in [-0.2, -0.15) is 0 Å². The molecule has 0 aliphatic carbocycles. The molecule has 5 rings (SSSR count). The maximum Gasteiger partial charge on any atom is 0.494 e. The summed E-state index contributed by atoms with van der Waals surface area (Å²) < 4.78 is 24.7. The molecular weight excluding hydrogens is 514 g/mol. The minimum atomic E-state index is -0.506. The number of carbonyl (C=O) groups excluding carboxylic acids is 1. The zero-order valence-corrected chi connectivity index (χ0v) is 25.2. The average Bonchev–Trinajstić information content (AvgIpc) is 3.29. The summed E-state index contributed by atoms with van der Waals surface area (Å²) in [6, 6.07) is 20.5. The summed E-state index contributed by atoms with van der Waals surface area (Å²) in [4.78, 5) is 19.9. The second-order valence-electron chi connectivity index (χ2n) is 12.7. The molecule has 0 N–H and O–H groups in total. The summed E-state index contributed by atoms with van der Waals surface area (Å²) >= 11 is 0. The molecular formula is C32H38B2N2O5. The van der Waals surface area contributed by atoms with Crippen LogP contribution in [-0.2, 0) is 18.6 Å². The summed E-state index contributed by atoms with van der Waals surface area (Å²) in [5.74, 6) is 0.233. The number of benzene rings is 2. The fourth-order valence-corrected chi connectivity index (χ4v) is 4.68. The van der Waals surface area contributed by atoms with Gasteiger partial charge in [0.15, 0.2) is 0 Å². The van der Waals surface area contributed by atoms with E-state index >= 15 is 0 Å². The number of anilines is 1. The Morgan fingerprint density at radius 1 is 0.659 bits per heavy atom. The Bertz CT molecular complexity index is 1310. The molecule has 0 saturated carbocycles. The molecule has 2 fully saturated rings. The molecule has 7 nitrogen and oxygen atoms in total. The summed E-state index contributed by atoms with van der Waals surface area (Å²) in [5.41, 5.74) is 1.76. The molecule has 0 spiro atoms.